The maximum absolute atomic E-state index is 12.0. The van der Waals surface area contributed by atoms with E-state index in [1.165, 1.54) is 11.8 Å². The molecule has 0 saturated heterocycles. The standard InChI is InChI=1S/C15H21NO3S/c1-5-11(13(17)18)20-12-9-7-6-8-10(12)16-14(19)15(2,3)4/h6-9,11H,5H2,1-4H3,(H,16,19)(H,17,18). The van der Waals surface area contributed by atoms with Crippen LogP contribution < -0.4 is 5.32 Å². The molecule has 0 aliphatic rings. The number of benzene rings is 1. The summed E-state index contributed by atoms with van der Waals surface area (Å²) in [6.07, 6.45) is 0.529. The summed E-state index contributed by atoms with van der Waals surface area (Å²) in [5.74, 6) is -0.927. The smallest absolute Gasteiger partial charge is 0.316 e. The fraction of sp³-hybridized carbons (Fsp3) is 0.467. The number of aliphatic carboxylic acids is 1. The molecule has 20 heavy (non-hydrogen) atoms. The largest absolute Gasteiger partial charge is 0.480 e. The normalized spacial score (nSPS) is 12.8. The van der Waals surface area contributed by atoms with Crippen LogP contribution in [-0.2, 0) is 9.59 Å². The fourth-order valence-corrected chi connectivity index (χ4v) is 2.42. The van der Waals surface area contributed by atoms with Crippen molar-refractivity contribution in [2.45, 2.75) is 44.3 Å². The van der Waals surface area contributed by atoms with Crippen molar-refractivity contribution in [3.8, 4) is 0 Å². The second-order valence-electron chi connectivity index (χ2n) is 5.55. The molecular formula is C15H21NO3S. The van der Waals surface area contributed by atoms with Crippen LogP contribution in [-0.4, -0.2) is 22.2 Å². The van der Waals surface area contributed by atoms with Crippen molar-refractivity contribution in [1.29, 1.82) is 0 Å². The number of para-hydroxylation sites is 1. The Morgan fingerprint density at radius 1 is 1.30 bits per heavy atom. The highest BCUT2D eigenvalue weighted by Crippen LogP contribution is 2.32. The first-order chi connectivity index (χ1) is 9.25. The van der Waals surface area contributed by atoms with E-state index in [0.29, 0.717) is 12.1 Å². The number of nitrogens with one attached hydrogen (secondary N) is 1. The molecule has 0 aliphatic carbocycles. The Labute approximate surface area is 124 Å². The number of thioether (sulfide) groups is 1. The SMILES string of the molecule is CCC(Sc1ccccc1NC(=O)C(C)(C)C)C(=O)O. The third-order valence-electron chi connectivity index (χ3n) is 2.73. The molecule has 0 aromatic heterocycles. The van der Waals surface area contributed by atoms with Crippen LogP contribution in [0.3, 0.4) is 0 Å². The summed E-state index contributed by atoms with van der Waals surface area (Å²) in [5, 5.41) is 11.5. The molecular weight excluding hydrogens is 274 g/mol. The molecule has 1 atom stereocenters. The van der Waals surface area contributed by atoms with Gasteiger partial charge in [-0.3, -0.25) is 9.59 Å². The van der Waals surface area contributed by atoms with E-state index in [1.807, 2.05) is 45.9 Å². The van der Waals surface area contributed by atoms with Gasteiger partial charge >= 0.3 is 5.97 Å². The number of carbonyl (C=O) groups excluding carboxylic acids is 1. The number of carbonyl (C=O) groups is 2. The van der Waals surface area contributed by atoms with Gasteiger partial charge < -0.3 is 10.4 Å². The Hall–Kier alpha value is -1.49. The lowest BCUT2D eigenvalue weighted by Crippen LogP contribution is -2.28. The number of hydrogen-bond donors (Lipinski definition) is 2. The van der Waals surface area contributed by atoms with Gasteiger partial charge in [0.05, 0.1) is 5.69 Å². The Morgan fingerprint density at radius 3 is 2.40 bits per heavy atom. The minimum absolute atomic E-state index is 0.0890. The van der Waals surface area contributed by atoms with E-state index < -0.39 is 16.6 Å². The highest BCUT2D eigenvalue weighted by Gasteiger charge is 2.23. The van der Waals surface area contributed by atoms with Gasteiger partial charge in [-0.1, -0.05) is 39.8 Å². The van der Waals surface area contributed by atoms with Crippen molar-refractivity contribution >= 4 is 29.3 Å². The molecule has 1 amide bonds. The quantitative estimate of drug-likeness (QED) is 0.814. The topological polar surface area (TPSA) is 66.4 Å². The lowest BCUT2D eigenvalue weighted by Gasteiger charge is -2.20. The predicted octanol–water partition coefficient (Wildman–Crippen LogP) is 3.63. The fourth-order valence-electron chi connectivity index (χ4n) is 1.44. The van der Waals surface area contributed by atoms with Crippen LogP contribution in [0.15, 0.2) is 29.2 Å². The molecule has 5 heteroatoms. The second kappa shape index (κ2) is 6.79. The van der Waals surface area contributed by atoms with Gasteiger partial charge in [0.25, 0.3) is 0 Å². The summed E-state index contributed by atoms with van der Waals surface area (Å²) in [6.45, 7) is 7.35. The molecule has 0 radical (unpaired) electrons. The Kier molecular flexibility index (Phi) is 5.62. The molecule has 0 heterocycles. The minimum atomic E-state index is -0.838. The number of anilines is 1. The molecule has 2 N–H and O–H groups in total. The van der Waals surface area contributed by atoms with Crippen LogP contribution in [0, 0.1) is 5.41 Å². The van der Waals surface area contributed by atoms with Gasteiger partial charge in [-0.2, -0.15) is 0 Å². The molecule has 110 valence electrons. The van der Waals surface area contributed by atoms with Crippen LogP contribution in [0.4, 0.5) is 5.69 Å². The van der Waals surface area contributed by atoms with E-state index in [-0.39, 0.29) is 5.91 Å². The minimum Gasteiger partial charge on any atom is -0.480 e. The van der Waals surface area contributed by atoms with Crippen molar-refractivity contribution in [1.82, 2.24) is 0 Å². The average Bonchev–Trinajstić information content (AvgIpc) is 2.36. The van der Waals surface area contributed by atoms with Gasteiger partial charge in [-0.25, -0.2) is 0 Å². The van der Waals surface area contributed by atoms with E-state index in [4.69, 9.17) is 5.11 Å². The van der Waals surface area contributed by atoms with Crippen molar-refractivity contribution in [3.63, 3.8) is 0 Å². The average molecular weight is 295 g/mol. The summed E-state index contributed by atoms with van der Waals surface area (Å²) in [6, 6.07) is 7.28. The van der Waals surface area contributed by atoms with Gasteiger partial charge in [0.2, 0.25) is 5.91 Å². The lowest BCUT2D eigenvalue weighted by atomic mass is 9.95. The summed E-state index contributed by atoms with van der Waals surface area (Å²) in [4.78, 5) is 23.9. The first kappa shape index (κ1) is 16.6. The van der Waals surface area contributed by atoms with Gasteiger partial charge in [-0.05, 0) is 18.6 Å². The molecule has 1 unspecified atom stereocenters. The van der Waals surface area contributed by atoms with Crippen LogP contribution in [0.5, 0.6) is 0 Å². The third-order valence-corrected chi connectivity index (χ3v) is 4.16. The van der Waals surface area contributed by atoms with Gasteiger partial charge in [0.15, 0.2) is 0 Å². The number of carboxylic acids is 1. The molecule has 1 rings (SSSR count). The Balaban J connectivity index is 2.94. The summed E-state index contributed by atoms with van der Waals surface area (Å²) < 4.78 is 0. The molecule has 0 bridgehead atoms. The van der Waals surface area contributed by atoms with E-state index in [9.17, 15) is 9.59 Å². The predicted molar refractivity (Wildman–Crippen MR) is 82.1 cm³/mol. The van der Waals surface area contributed by atoms with Gasteiger partial charge in [0.1, 0.15) is 5.25 Å². The molecule has 0 spiro atoms. The molecule has 1 aromatic carbocycles. The summed E-state index contributed by atoms with van der Waals surface area (Å²) in [5.41, 5.74) is 0.173. The van der Waals surface area contributed by atoms with Crippen molar-refractivity contribution in [2.24, 2.45) is 5.41 Å². The Bertz CT molecular complexity index is 494. The lowest BCUT2D eigenvalue weighted by molar-refractivity contribution is -0.136. The zero-order valence-electron chi connectivity index (χ0n) is 12.3. The van der Waals surface area contributed by atoms with Crippen LogP contribution >= 0.6 is 11.8 Å². The van der Waals surface area contributed by atoms with Crippen LogP contribution in [0.25, 0.3) is 0 Å². The van der Waals surface area contributed by atoms with Crippen LogP contribution in [0.1, 0.15) is 34.1 Å². The molecule has 0 fully saturated rings. The van der Waals surface area contributed by atoms with Crippen molar-refractivity contribution in [2.75, 3.05) is 5.32 Å². The monoisotopic (exact) mass is 295 g/mol. The van der Waals surface area contributed by atoms with E-state index in [2.05, 4.69) is 5.32 Å². The number of amides is 1. The summed E-state index contributed by atoms with van der Waals surface area (Å²) >= 11 is 1.26. The molecule has 0 saturated carbocycles. The number of hydrogen-bond acceptors (Lipinski definition) is 3. The molecule has 0 aliphatic heterocycles. The maximum Gasteiger partial charge on any atom is 0.316 e. The van der Waals surface area contributed by atoms with Gasteiger partial charge in [0, 0.05) is 10.3 Å². The number of rotatable bonds is 5. The van der Waals surface area contributed by atoms with Crippen molar-refractivity contribution in [3.05, 3.63) is 24.3 Å². The summed E-state index contributed by atoms with van der Waals surface area (Å²) in [7, 11) is 0. The highest BCUT2D eigenvalue weighted by atomic mass is 32.2. The third kappa shape index (κ3) is 4.56. The first-order valence-corrected chi connectivity index (χ1v) is 7.43. The zero-order valence-corrected chi connectivity index (χ0v) is 13.1. The van der Waals surface area contributed by atoms with Crippen molar-refractivity contribution < 1.29 is 14.7 Å². The zero-order chi connectivity index (χ0) is 15.3. The van der Waals surface area contributed by atoms with E-state index >= 15 is 0 Å². The molecule has 1 aromatic rings. The molecule has 4 nitrogen and oxygen atoms in total. The van der Waals surface area contributed by atoms with Gasteiger partial charge in [-0.15, -0.1) is 11.8 Å². The highest BCUT2D eigenvalue weighted by molar-refractivity contribution is 8.00. The first-order valence-electron chi connectivity index (χ1n) is 6.55. The Morgan fingerprint density at radius 2 is 1.90 bits per heavy atom. The van der Waals surface area contributed by atoms with Crippen LogP contribution in [0.2, 0.25) is 0 Å². The number of carboxylic acid groups (broad SMARTS) is 1. The second-order valence-corrected chi connectivity index (χ2v) is 6.80. The van der Waals surface area contributed by atoms with E-state index in [0.717, 1.165) is 4.90 Å². The van der Waals surface area contributed by atoms with E-state index in [1.54, 1.807) is 6.07 Å². The maximum atomic E-state index is 12.0.